The van der Waals surface area contributed by atoms with Crippen molar-refractivity contribution in [3.8, 4) is 0 Å². The number of aliphatic imine (C=N–C) groups is 1. The molecule has 2 nitrogen and oxygen atoms in total. The molecule has 0 spiro atoms. The summed E-state index contributed by atoms with van der Waals surface area (Å²) in [6, 6.07) is -0.00139. The number of nitrogens with two attached hydrogens (primary N) is 1. The molecule has 0 saturated heterocycles. The summed E-state index contributed by atoms with van der Waals surface area (Å²) in [4.78, 5) is 4.02. The maximum absolute atomic E-state index is 5.88. The van der Waals surface area contributed by atoms with Gasteiger partial charge in [-0.15, -0.1) is 0 Å². The summed E-state index contributed by atoms with van der Waals surface area (Å²) < 4.78 is 0. The molecule has 0 aliphatic heterocycles. The van der Waals surface area contributed by atoms with E-state index in [1.54, 1.807) is 25.4 Å². The van der Waals surface area contributed by atoms with E-state index in [1.807, 2.05) is 32.1 Å². The number of rotatable bonds is 6. The maximum Gasteiger partial charge on any atom is 0.0287 e. The summed E-state index contributed by atoms with van der Waals surface area (Å²) in [5, 5.41) is 0. The van der Waals surface area contributed by atoms with Crippen LogP contribution in [0.2, 0.25) is 0 Å². The fourth-order valence-corrected chi connectivity index (χ4v) is 1.40. The van der Waals surface area contributed by atoms with Crippen LogP contribution in [0.25, 0.3) is 0 Å². The molecule has 0 heterocycles. The van der Waals surface area contributed by atoms with Crippen molar-refractivity contribution in [3.05, 3.63) is 60.3 Å². The van der Waals surface area contributed by atoms with E-state index in [1.165, 1.54) is 0 Å². The predicted octanol–water partition coefficient (Wildman–Crippen LogP) is 3.21. The minimum absolute atomic E-state index is 0.00139. The lowest BCUT2D eigenvalue weighted by Gasteiger charge is -2.09. The molecule has 0 aliphatic carbocycles. The van der Waals surface area contributed by atoms with E-state index in [9.17, 15) is 0 Å². The predicted molar refractivity (Wildman–Crippen MR) is 78.4 cm³/mol. The van der Waals surface area contributed by atoms with Crippen LogP contribution in [0, 0.1) is 0 Å². The van der Waals surface area contributed by atoms with Gasteiger partial charge in [0.25, 0.3) is 0 Å². The van der Waals surface area contributed by atoms with Crippen LogP contribution in [0.15, 0.2) is 65.2 Å². The first-order valence-electron chi connectivity index (χ1n) is 5.61. The molecular weight excluding hydrogens is 208 g/mol. The number of hydrogen-bond donors (Lipinski definition) is 1. The highest BCUT2D eigenvalue weighted by Crippen LogP contribution is 2.14. The molecule has 0 rings (SSSR count). The van der Waals surface area contributed by atoms with E-state index in [0.717, 1.165) is 16.7 Å². The lowest BCUT2D eigenvalue weighted by molar-refractivity contribution is 0.881. The van der Waals surface area contributed by atoms with Gasteiger partial charge < -0.3 is 5.73 Å². The van der Waals surface area contributed by atoms with Gasteiger partial charge in [-0.05, 0) is 36.6 Å². The van der Waals surface area contributed by atoms with Crippen molar-refractivity contribution in [1.82, 2.24) is 0 Å². The van der Waals surface area contributed by atoms with Gasteiger partial charge in [-0.2, -0.15) is 0 Å². The van der Waals surface area contributed by atoms with Gasteiger partial charge in [0.2, 0.25) is 0 Å². The van der Waals surface area contributed by atoms with Crippen LogP contribution >= 0.6 is 0 Å². The Hall–Kier alpha value is -1.67. The summed E-state index contributed by atoms with van der Waals surface area (Å²) in [6.45, 7) is 11.4. The van der Waals surface area contributed by atoms with Crippen molar-refractivity contribution in [2.75, 3.05) is 7.05 Å². The summed E-state index contributed by atoms with van der Waals surface area (Å²) >= 11 is 0. The molecule has 0 amide bonds. The highest BCUT2D eigenvalue weighted by atomic mass is 14.6. The van der Waals surface area contributed by atoms with E-state index < -0.39 is 0 Å². The highest BCUT2D eigenvalue weighted by Gasteiger charge is 2.03. The van der Waals surface area contributed by atoms with Crippen LogP contribution < -0.4 is 5.73 Å². The van der Waals surface area contributed by atoms with Crippen molar-refractivity contribution >= 4 is 6.21 Å². The summed E-state index contributed by atoms with van der Waals surface area (Å²) in [7, 11) is 1.74. The Labute approximate surface area is 105 Å². The quantitative estimate of drug-likeness (QED) is 0.552. The Balaban J connectivity index is 5.44. The summed E-state index contributed by atoms with van der Waals surface area (Å²) in [5.41, 5.74) is 8.90. The van der Waals surface area contributed by atoms with Gasteiger partial charge in [-0.3, -0.25) is 4.99 Å². The van der Waals surface area contributed by atoms with Crippen LogP contribution in [0.5, 0.6) is 0 Å². The van der Waals surface area contributed by atoms with Gasteiger partial charge in [-0.25, -0.2) is 0 Å². The number of nitrogens with zero attached hydrogens (tertiary/aromatic N) is 1. The maximum atomic E-state index is 5.88. The minimum atomic E-state index is -0.00139. The van der Waals surface area contributed by atoms with Gasteiger partial charge in [0.1, 0.15) is 0 Å². The highest BCUT2D eigenvalue weighted by molar-refractivity contribution is 5.86. The zero-order valence-corrected chi connectivity index (χ0v) is 11.0. The molecule has 0 fully saturated rings. The second-order valence-electron chi connectivity index (χ2n) is 3.63. The lowest BCUT2D eigenvalue weighted by atomic mass is 10.0. The molecular formula is C15H22N2. The van der Waals surface area contributed by atoms with E-state index in [4.69, 9.17) is 5.73 Å². The van der Waals surface area contributed by atoms with Crippen LogP contribution in [-0.4, -0.2) is 19.3 Å². The molecule has 0 aliphatic rings. The van der Waals surface area contributed by atoms with E-state index in [0.29, 0.717) is 0 Å². The molecule has 17 heavy (non-hydrogen) atoms. The van der Waals surface area contributed by atoms with Gasteiger partial charge >= 0.3 is 0 Å². The third-order valence-electron chi connectivity index (χ3n) is 2.30. The molecule has 1 atom stereocenters. The average Bonchev–Trinajstić information content (AvgIpc) is 2.30. The Kier molecular flexibility index (Phi) is 7.65. The van der Waals surface area contributed by atoms with Crippen molar-refractivity contribution in [2.24, 2.45) is 10.7 Å². The molecule has 2 heteroatoms. The molecule has 0 aromatic carbocycles. The van der Waals surface area contributed by atoms with Crippen molar-refractivity contribution in [3.63, 3.8) is 0 Å². The molecule has 0 saturated carbocycles. The molecule has 0 radical (unpaired) electrons. The zero-order valence-electron chi connectivity index (χ0n) is 11.0. The molecule has 0 aromatic heterocycles. The number of allylic oxidation sites excluding steroid dienone is 6. The molecule has 0 bridgehead atoms. The number of hydrogen-bond acceptors (Lipinski definition) is 2. The van der Waals surface area contributed by atoms with Crippen LogP contribution in [0.4, 0.5) is 0 Å². The Bertz CT molecular complexity index is 380. The van der Waals surface area contributed by atoms with Gasteiger partial charge in [0.05, 0.1) is 0 Å². The standard InChI is InChI=1S/C15H22N2/c1-6-9-15(11-17-5)14(8-3)10-13(7-2)12(4)16/h6-12H,1,3,16H2,2,4-5H3/b13-7+,14-10+,15-9+,17-11-. The zero-order chi connectivity index (χ0) is 13.3. The summed E-state index contributed by atoms with van der Waals surface area (Å²) in [6.07, 6.45) is 11.2. The smallest absolute Gasteiger partial charge is 0.0287 e. The van der Waals surface area contributed by atoms with Crippen LogP contribution in [0.3, 0.4) is 0 Å². The Morgan fingerprint density at radius 3 is 2.29 bits per heavy atom. The second kappa shape index (κ2) is 8.48. The van der Waals surface area contributed by atoms with E-state index in [-0.39, 0.29) is 6.04 Å². The fraction of sp³-hybridized carbons (Fsp3) is 0.267. The van der Waals surface area contributed by atoms with E-state index in [2.05, 4.69) is 18.2 Å². The first-order chi connectivity index (χ1) is 8.10. The first-order valence-corrected chi connectivity index (χ1v) is 5.61. The Morgan fingerprint density at radius 2 is 1.94 bits per heavy atom. The largest absolute Gasteiger partial charge is 0.324 e. The molecule has 2 N–H and O–H groups in total. The van der Waals surface area contributed by atoms with Gasteiger partial charge in [0, 0.05) is 19.3 Å². The van der Waals surface area contributed by atoms with Gasteiger partial charge in [-0.1, -0.05) is 37.5 Å². The Morgan fingerprint density at radius 1 is 1.29 bits per heavy atom. The van der Waals surface area contributed by atoms with Gasteiger partial charge in [0.15, 0.2) is 0 Å². The SMILES string of the molecule is C=C/C=C(\C=N/C)C(/C=C)=C/C(=C\C)C(C)N. The van der Waals surface area contributed by atoms with Crippen LogP contribution in [-0.2, 0) is 0 Å². The third-order valence-corrected chi connectivity index (χ3v) is 2.30. The first kappa shape index (κ1) is 15.3. The van der Waals surface area contributed by atoms with E-state index >= 15 is 0 Å². The monoisotopic (exact) mass is 230 g/mol. The normalized spacial score (nSPS) is 16.1. The molecule has 92 valence electrons. The average molecular weight is 230 g/mol. The third kappa shape index (κ3) is 5.27. The van der Waals surface area contributed by atoms with Crippen LogP contribution in [0.1, 0.15) is 13.8 Å². The summed E-state index contributed by atoms with van der Waals surface area (Å²) in [5.74, 6) is 0. The minimum Gasteiger partial charge on any atom is -0.324 e. The van der Waals surface area contributed by atoms with Crippen molar-refractivity contribution in [2.45, 2.75) is 19.9 Å². The second-order valence-corrected chi connectivity index (χ2v) is 3.63. The van der Waals surface area contributed by atoms with Crippen molar-refractivity contribution in [1.29, 1.82) is 0 Å². The fourth-order valence-electron chi connectivity index (χ4n) is 1.40. The van der Waals surface area contributed by atoms with Crippen molar-refractivity contribution < 1.29 is 0 Å². The molecule has 0 aromatic rings. The lowest BCUT2D eigenvalue weighted by Crippen LogP contribution is -2.16. The topological polar surface area (TPSA) is 38.4 Å². The molecule has 1 unspecified atom stereocenters.